The molecule has 0 amide bonds. The van der Waals surface area contributed by atoms with Crippen LogP contribution in [0.4, 0.5) is 0 Å². The van der Waals surface area contributed by atoms with Crippen LogP contribution in [0, 0.1) is 25.2 Å². The van der Waals surface area contributed by atoms with Crippen LogP contribution < -0.4 is 5.32 Å². The van der Waals surface area contributed by atoms with Crippen molar-refractivity contribution >= 4 is 33.3 Å². The number of nitrogens with zero attached hydrogens (tertiary/aromatic N) is 2. The first-order valence-electron chi connectivity index (χ1n) is 11.2. The van der Waals surface area contributed by atoms with Crippen LogP contribution >= 0.6 is 12.2 Å². The largest absolute Gasteiger partial charge is 0.467 e. The highest BCUT2D eigenvalue weighted by molar-refractivity contribution is 7.89. The number of hydrogen-bond acceptors (Lipinski definition) is 5. The number of thiocarbonyl (C=S) groups is 1. The van der Waals surface area contributed by atoms with Gasteiger partial charge in [0, 0.05) is 26.2 Å². The Morgan fingerprint density at radius 2 is 1.78 bits per heavy atom. The van der Waals surface area contributed by atoms with E-state index in [-0.39, 0.29) is 17.3 Å². The maximum absolute atomic E-state index is 13.3. The molecule has 1 unspecified atom stereocenters. The lowest BCUT2D eigenvalue weighted by molar-refractivity contribution is -0.143. The number of nitrogens with one attached hydrogen (secondary N) is 1. The number of benzene rings is 1. The van der Waals surface area contributed by atoms with Crippen molar-refractivity contribution in [2.24, 2.45) is 11.3 Å². The Morgan fingerprint density at radius 1 is 1.16 bits per heavy atom. The number of methoxy groups -OCH3 is 1. The number of carbonyl (C=O) groups is 1. The summed E-state index contributed by atoms with van der Waals surface area (Å²) in [7, 11) is -2.12. The highest BCUT2D eigenvalue weighted by Crippen LogP contribution is 2.41. The van der Waals surface area contributed by atoms with E-state index in [0.29, 0.717) is 23.1 Å². The van der Waals surface area contributed by atoms with Gasteiger partial charge < -0.3 is 15.0 Å². The lowest BCUT2D eigenvalue weighted by Gasteiger charge is -2.39. The van der Waals surface area contributed by atoms with Crippen molar-refractivity contribution in [3.63, 3.8) is 0 Å². The van der Waals surface area contributed by atoms with Crippen LogP contribution in [-0.2, 0) is 19.6 Å². The van der Waals surface area contributed by atoms with Gasteiger partial charge in [-0.1, -0.05) is 26.0 Å². The average molecular weight is 482 g/mol. The van der Waals surface area contributed by atoms with Crippen molar-refractivity contribution in [3.05, 3.63) is 29.3 Å². The summed E-state index contributed by atoms with van der Waals surface area (Å²) in [5.41, 5.74) is 1.78. The average Bonchev–Trinajstić information content (AvgIpc) is 3.16. The molecular formula is C23H35N3O4S2. The molecule has 2 aliphatic rings. The smallest absolute Gasteiger partial charge is 0.328 e. The van der Waals surface area contributed by atoms with Gasteiger partial charge in [0.05, 0.1) is 12.0 Å². The minimum Gasteiger partial charge on any atom is -0.467 e. The topological polar surface area (TPSA) is 79.0 Å². The lowest BCUT2D eigenvalue weighted by Crippen LogP contribution is -2.51. The van der Waals surface area contributed by atoms with Crippen molar-refractivity contribution in [2.75, 3.05) is 33.3 Å². The van der Waals surface area contributed by atoms with E-state index in [1.807, 2.05) is 39.8 Å². The zero-order valence-electron chi connectivity index (χ0n) is 19.7. The fourth-order valence-electron chi connectivity index (χ4n) is 4.69. The van der Waals surface area contributed by atoms with Crippen LogP contribution in [0.15, 0.2) is 23.1 Å². The van der Waals surface area contributed by atoms with Crippen molar-refractivity contribution in [2.45, 2.75) is 57.9 Å². The Kier molecular flexibility index (Phi) is 7.51. The first-order chi connectivity index (χ1) is 15.0. The molecule has 32 heavy (non-hydrogen) atoms. The summed E-state index contributed by atoms with van der Waals surface area (Å²) >= 11 is 5.60. The molecule has 0 bridgehead atoms. The summed E-state index contributed by atoms with van der Waals surface area (Å²) in [5, 5.41) is 3.74. The molecule has 1 atom stereocenters. The summed E-state index contributed by atoms with van der Waals surface area (Å²) < 4.78 is 33.0. The second kappa shape index (κ2) is 9.65. The van der Waals surface area contributed by atoms with Crippen LogP contribution in [0.25, 0.3) is 0 Å². The van der Waals surface area contributed by atoms with E-state index in [9.17, 15) is 13.2 Å². The molecule has 2 fully saturated rings. The number of rotatable bonds is 5. The Labute approximate surface area is 197 Å². The Balaban J connectivity index is 1.63. The van der Waals surface area contributed by atoms with Crippen LogP contribution in [0.3, 0.4) is 0 Å². The predicted molar refractivity (Wildman–Crippen MR) is 129 cm³/mol. The molecule has 1 aromatic rings. The normalized spacial score (nSPS) is 19.9. The van der Waals surface area contributed by atoms with E-state index in [1.165, 1.54) is 7.11 Å². The first-order valence-corrected chi connectivity index (χ1v) is 13.0. The highest BCUT2D eigenvalue weighted by atomic mass is 32.2. The molecule has 178 valence electrons. The molecule has 9 heteroatoms. The van der Waals surface area contributed by atoms with Crippen molar-refractivity contribution in [1.29, 1.82) is 0 Å². The summed E-state index contributed by atoms with van der Waals surface area (Å²) in [4.78, 5) is 14.6. The third kappa shape index (κ3) is 5.10. The molecule has 3 rings (SSSR count). The van der Waals surface area contributed by atoms with Gasteiger partial charge in [0.1, 0.15) is 6.04 Å². The Morgan fingerprint density at radius 3 is 2.38 bits per heavy atom. The van der Waals surface area contributed by atoms with Crippen molar-refractivity contribution < 1.29 is 17.9 Å². The predicted octanol–water partition coefficient (Wildman–Crippen LogP) is 2.85. The molecule has 2 heterocycles. The Hall–Kier alpha value is -1.71. The van der Waals surface area contributed by atoms with E-state index >= 15 is 0 Å². The van der Waals surface area contributed by atoms with Gasteiger partial charge >= 0.3 is 5.97 Å². The van der Waals surface area contributed by atoms with Crippen LogP contribution in [0.1, 0.15) is 44.2 Å². The summed E-state index contributed by atoms with van der Waals surface area (Å²) in [6, 6.07) is 5.10. The van der Waals surface area contributed by atoms with E-state index < -0.39 is 16.1 Å². The zero-order valence-corrected chi connectivity index (χ0v) is 21.3. The molecule has 2 aliphatic heterocycles. The molecule has 2 saturated heterocycles. The molecule has 1 spiro atoms. The number of ether oxygens (including phenoxy) is 1. The van der Waals surface area contributed by atoms with Gasteiger partial charge in [-0.15, -0.1) is 0 Å². The summed E-state index contributed by atoms with van der Waals surface area (Å²) in [6.45, 7) is 10.3. The standard InChI is InChI=1S/C23H35N3O4S2/c1-16(2)20(21(27)30-5)24-22(31)25-11-8-23(15-25)9-12-26(13-10-23)32(28,29)19-14-17(3)6-7-18(19)4/h6-7,14,16,20H,8-13,15H2,1-5H3,(H,24,31). The number of piperidine rings is 1. The van der Waals surface area contributed by atoms with Gasteiger partial charge in [0.25, 0.3) is 0 Å². The van der Waals surface area contributed by atoms with E-state index in [4.69, 9.17) is 17.0 Å². The van der Waals surface area contributed by atoms with E-state index in [0.717, 1.165) is 43.5 Å². The number of hydrogen-bond donors (Lipinski definition) is 1. The number of sulfonamides is 1. The highest BCUT2D eigenvalue weighted by Gasteiger charge is 2.44. The maximum atomic E-state index is 13.3. The molecule has 1 N–H and O–H groups in total. The van der Waals surface area contributed by atoms with Crippen LogP contribution in [-0.4, -0.2) is 68.0 Å². The van der Waals surface area contributed by atoms with Gasteiger partial charge in [-0.3, -0.25) is 0 Å². The summed E-state index contributed by atoms with van der Waals surface area (Å²) in [5.74, 6) is -0.267. The molecule has 1 aromatic carbocycles. The van der Waals surface area contributed by atoms with Gasteiger partial charge in [-0.25, -0.2) is 13.2 Å². The second-order valence-electron chi connectivity index (χ2n) is 9.54. The maximum Gasteiger partial charge on any atom is 0.328 e. The monoisotopic (exact) mass is 481 g/mol. The van der Waals surface area contributed by atoms with E-state index in [1.54, 1.807) is 10.4 Å². The molecule has 0 aliphatic carbocycles. The van der Waals surface area contributed by atoms with E-state index in [2.05, 4.69) is 10.2 Å². The third-order valence-electron chi connectivity index (χ3n) is 6.87. The zero-order chi connectivity index (χ0) is 23.7. The van der Waals surface area contributed by atoms with Gasteiger partial charge in [0.2, 0.25) is 10.0 Å². The molecule has 0 radical (unpaired) electrons. The van der Waals surface area contributed by atoms with Crippen molar-refractivity contribution in [1.82, 2.24) is 14.5 Å². The van der Waals surface area contributed by atoms with Crippen molar-refractivity contribution in [3.8, 4) is 0 Å². The quantitative estimate of drug-likeness (QED) is 0.512. The van der Waals surface area contributed by atoms with Gasteiger partial charge in [-0.2, -0.15) is 4.31 Å². The minimum atomic E-state index is -3.50. The summed E-state index contributed by atoms with van der Waals surface area (Å²) in [6.07, 6.45) is 2.58. The van der Waals surface area contributed by atoms with Crippen LogP contribution in [0.5, 0.6) is 0 Å². The third-order valence-corrected chi connectivity index (χ3v) is 9.29. The number of esters is 1. The van der Waals surface area contributed by atoms with Crippen LogP contribution in [0.2, 0.25) is 0 Å². The Bertz CT molecular complexity index is 969. The molecule has 0 saturated carbocycles. The molecule has 0 aromatic heterocycles. The second-order valence-corrected chi connectivity index (χ2v) is 11.8. The minimum absolute atomic E-state index is 0.0514. The molecular weight excluding hydrogens is 446 g/mol. The number of carbonyl (C=O) groups excluding carboxylic acids is 1. The fraction of sp³-hybridized carbons (Fsp3) is 0.652. The SMILES string of the molecule is COC(=O)C(NC(=S)N1CCC2(CCN(S(=O)(=O)c3cc(C)ccc3C)CC2)C1)C(C)C. The number of aryl methyl sites for hydroxylation is 2. The lowest BCUT2D eigenvalue weighted by atomic mass is 9.78. The van der Waals surface area contributed by atoms with Gasteiger partial charge in [-0.05, 0) is 73.9 Å². The van der Waals surface area contributed by atoms with Gasteiger partial charge in [0.15, 0.2) is 5.11 Å². The first kappa shape index (κ1) is 24.9. The number of likely N-dealkylation sites (tertiary alicyclic amines) is 1. The molecule has 7 nitrogen and oxygen atoms in total. The fourth-order valence-corrected chi connectivity index (χ4v) is 6.72.